The van der Waals surface area contributed by atoms with Gasteiger partial charge in [-0.25, -0.2) is 9.78 Å². The fourth-order valence-electron chi connectivity index (χ4n) is 4.50. The number of imidazole rings is 1. The Morgan fingerprint density at radius 1 is 1.03 bits per heavy atom. The summed E-state index contributed by atoms with van der Waals surface area (Å²) in [5.74, 6) is 0.626. The molecule has 0 saturated carbocycles. The van der Waals surface area contributed by atoms with E-state index in [9.17, 15) is 14.7 Å². The largest absolute Gasteiger partial charge is 0.465 e. The summed E-state index contributed by atoms with van der Waals surface area (Å²) in [6.45, 7) is 0.258. The summed E-state index contributed by atoms with van der Waals surface area (Å²) < 4.78 is 1.77. The number of H-pyrrole nitrogens is 1. The molecule has 0 spiro atoms. The van der Waals surface area contributed by atoms with Crippen LogP contribution in [0.1, 0.15) is 49.5 Å². The second kappa shape index (κ2) is 12.7. The first kappa shape index (κ1) is 26.7. The molecule has 4 rings (SSSR count). The summed E-state index contributed by atoms with van der Waals surface area (Å²) in [4.78, 5) is 33.4. The Morgan fingerprint density at radius 2 is 1.76 bits per heavy atom. The van der Waals surface area contributed by atoms with Crippen LogP contribution < -0.4 is 5.32 Å². The molecule has 0 saturated heterocycles. The Hall–Kier alpha value is -4.40. The molecular formula is C29H34N6O3. The number of nitrogens with one attached hydrogen (secondary N) is 2. The molecule has 1 atom stereocenters. The minimum Gasteiger partial charge on any atom is -0.465 e. The van der Waals surface area contributed by atoms with E-state index in [1.54, 1.807) is 17.9 Å². The van der Waals surface area contributed by atoms with Crippen molar-refractivity contribution in [2.24, 2.45) is 7.05 Å². The molecule has 3 N–H and O–H groups in total. The maximum atomic E-state index is 12.4. The molecule has 9 heteroatoms. The molecule has 2 heterocycles. The quantitative estimate of drug-likeness (QED) is 0.219. The summed E-state index contributed by atoms with van der Waals surface area (Å²) in [7, 11) is 3.52. The molecule has 9 nitrogen and oxygen atoms in total. The topological polar surface area (TPSA) is 116 Å². The Bertz CT molecular complexity index is 1330. The van der Waals surface area contributed by atoms with Gasteiger partial charge < -0.3 is 15.4 Å². The van der Waals surface area contributed by atoms with E-state index < -0.39 is 12.1 Å². The van der Waals surface area contributed by atoms with Gasteiger partial charge in [-0.3, -0.25) is 14.4 Å². The zero-order valence-electron chi connectivity index (χ0n) is 21.8. The molecule has 2 aromatic heterocycles. The lowest BCUT2D eigenvalue weighted by molar-refractivity contribution is -0.120. The van der Waals surface area contributed by atoms with Crippen LogP contribution in [-0.4, -0.2) is 48.8 Å². The maximum Gasteiger partial charge on any atom is 0.408 e. The zero-order valence-corrected chi connectivity index (χ0v) is 21.8. The van der Waals surface area contributed by atoms with Gasteiger partial charge in [0.2, 0.25) is 5.91 Å². The van der Waals surface area contributed by atoms with Crippen molar-refractivity contribution in [2.45, 2.75) is 44.7 Å². The number of aromatic amines is 1. The van der Waals surface area contributed by atoms with Gasteiger partial charge in [-0.05, 0) is 30.0 Å². The van der Waals surface area contributed by atoms with Crippen molar-refractivity contribution in [1.29, 1.82) is 0 Å². The summed E-state index contributed by atoms with van der Waals surface area (Å²) in [5, 5.41) is 17.3. The van der Waals surface area contributed by atoms with Gasteiger partial charge in [0.05, 0.1) is 23.6 Å². The molecule has 0 aliphatic rings. The number of rotatable bonds is 12. The average molecular weight is 515 g/mol. The van der Waals surface area contributed by atoms with E-state index in [0.29, 0.717) is 18.7 Å². The average Bonchev–Trinajstić information content (AvgIpc) is 3.60. The zero-order chi connectivity index (χ0) is 26.9. The third-order valence-corrected chi connectivity index (χ3v) is 6.59. The van der Waals surface area contributed by atoms with Crippen molar-refractivity contribution in [3.63, 3.8) is 0 Å². The predicted molar refractivity (Wildman–Crippen MR) is 146 cm³/mol. The SMILES string of the molecule is CNC(=O)CCCCCC(c1ncc(-c2ccc(-c3ccn(C)n3)cc2)[nH]1)N(Cc1ccccc1)C(=O)O. The van der Waals surface area contributed by atoms with E-state index in [2.05, 4.69) is 20.4 Å². The van der Waals surface area contributed by atoms with Gasteiger partial charge >= 0.3 is 6.09 Å². The number of unbranched alkanes of at least 4 members (excludes halogenated alkanes) is 2. The molecule has 0 aliphatic heterocycles. The third-order valence-electron chi connectivity index (χ3n) is 6.59. The number of aromatic nitrogens is 4. The van der Waals surface area contributed by atoms with Crippen molar-refractivity contribution in [1.82, 2.24) is 30.0 Å². The third kappa shape index (κ3) is 6.88. The Labute approximate surface area is 222 Å². The van der Waals surface area contributed by atoms with Crippen LogP contribution in [0.3, 0.4) is 0 Å². The molecule has 0 fully saturated rings. The number of nitrogens with zero attached hydrogens (tertiary/aromatic N) is 4. The first-order valence-corrected chi connectivity index (χ1v) is 12.8. The van der Waals surface area contributed by atoms with Crippen LogP contribution in [0.15, 0.2) is 73.1 Å². The van der Waals surface area contributed by atoms with Crippen molar-refractivity contribution in [3.8, 4) is 22.5 Å². The van der Waals surface area contributed by atoms with Crippen LogP contribution in [0.5, 0.6) is 0 Å². The molecule has 0 aliphatic carbocycles. The van der Waals surface area contributed by atoms with Crippen LogP contribution in [0.2, 0.25) is 0 Å². The van der Waals surface area contributed by atoms with Crippen LogP contribution in [0.4, 0.5) is 4.79 Å². The highest BCUT2D eigenvalue weighted by Crippen LogP contribution is 2.30. The lowest BCUT2D eigenvalue weighted by atomic mass is 10.0. The number of carbonyl (C=O) groups is 2. The Balaban J connectivity index is 1.53. The molecule has 1 unspecified atom stereocenters. The van der Waals surface area contributed by atoms with Gasteiger partial charge in [-0.15, -0.1) is 0 Å². The van der Waals surface area contributed by atoms with E-state index >= 15 is 0 Å². The van der Waals surface area contributed by atoms with Gasteiger partial charge in [0.25, 0.3) is 0 Å². The summed E-state index contributed by atoms with van der Waals surface area (Å²) in [6, 6.07) is 19.1. The van der Waals surface area contributed by atoms with Crippen LogP contribution in [0.25, 0.3) is 22.5 Å². The van der Waals surface area contributed by atoms with Gasteiger partial charge in [0.15, 0.2) is 0 Å². The molecule has 0 bridgehead atoms. The molecule has 4 aromatic rings. The van der Waals surface area contributed by atoms with Gasteiger partial charge in [-0.2, -0.15) is 5.10 Å². The van der Waals surface area contributed by atoms with E-state index in [-0.39, 0.29) is 12.5 Å². The van der Waals surface area contributed by atoms with E-state index in [1.807, 2.05) is 73.9 Å². The minimum atomic E-state index is -0.998. The Kier molecular flexibility index (Phi) is 8.92. The van der Waals surface area contributed by atoms with Gasteiger partial charge in [-0.1, -0.05) is 67.4 Å². The molecular weight excluding hydrogens is 480 g/mol. The van der Waals surface area contributed by atoms with Crippen molar-refractivity contribution >= 4 is 12.0 Å². The fraction of sp³-hybridized carbons (Fsp3) is 0.310. The summed E-state index contributed by atoms with van der Waals surface area (Å²) >= 11 is 0. The number of carboxylic acid groups (broad SMARTS) is 1. The predicted octanol–water partition coefficient (Wildman–Crippen LogP) is 5.40. The van der Waals surface area contributed by atoms with E-state index in [0.717, 1.165) is 47.3 Å². The molecule has 2 amide bonds. The molecule has 2 aromatic carbocycles. The maximum absolute atomic E-state index is 12.4. The number of benzene rings is 2. The Morgan fingerprint density at radius 3 is 2.42 bits per heavy atom. The molecule has 38 heavy (non-hydrogen) atoms. The number of amides is 2. The lowest BCUT2D eigenvalue weighted by Gasteiger charge is -2.28. The first-order valence-electron chi connectivity index (χ1n) is 12.8. The second-order valence-electron chi connectivity index (χ2n) is 9.32. The van der Waals surface area contributed by atoms with Crippen molar-refractivity contribution in [3.05, 3.63) is 84.4 Å². The van der Waals surface area contributed by atoms with Crippen LogP contribution in [0, 0.1) is 0 Å². The normalized spacial score (nSPS) is 11.7. The van der Waals surface area contributed by atoms with Crippen LogP contribution in [-0.2, 0) is 18.4 Å². The fourth-order valence-corrected chi connectivity index (χ4v) is 4.50. The first-order chi connectivity index (χ1) is 18.4. The highest BCUT2D eigenvalue weighted by atomic mass is 16.4. The molecule has 198 valence electrons. The smallest absolute Gasteiger partial charge is 0.408 e. The minimum absolute atomic E-state index is 0.0162. The summed E-state index contributed by atoms with van der Waals surface area (Å²) in [6.07, 6.45) is 6.08. The van der Waals surface area contributed by atoms with Crippen LogP contribution >= 0.6 is 0 Å². The highest BCUT2D eigenvalue weighted by molar-refractivity contribution is 5.75. The lowest BCUT2D eigenvalue weighted by Crippen LogP contribution is -2.34. The van der Waals surface area contributed by atoms with Gasteiger partial charge in [0, 0.05) is 38.8 Å². The number of aryl methyl sites for hydroxylation is 1. The monoisotopic (exact) mass is 514 g/mol. The van der Waals surface area contributed by atoms with Crippen molar-refractivity contribution < 1.29 is 14.7 Å². The highest BCUT2D eigenvalue weighted by Gasteiger charge is 2.27. The number of hydrogen-bond acceptors (Lipinski definition) is 4. The number of carbonyl (C=O) groups excluding carboxylic acids is 1. The summed E-state index contributed by atoms with van der Waals surface area (Å²) in [5.41, 5.74) is 4.61. The van der Waals surface area contributed by atoms with Crippen molar-refractivity contribution in [2.75, 3.05) is 7.05 Å². The standard InChI is InChI=1S/C29H34N6O3/c1-30-27(36)12-8-4-7-11-26(35(29(37)38)20-21-9-5-3-6-10-21)28-31-19-25(32-28)23-15-13-22(14-16-23)24-17-18-34(2)33-24/h3,5-6,9-10,13-19,26H,4,7-8,11-12,20H2,1-2H3,(H,30,36)(H,31,32)(H,37,38). The van der Waals surface area contributed by atoms with Gasteiger partial charge in [0.1, 0.15) is 5.82 Å². The van der Waals surface area contributed by atoms with E-state index in [1.165, 1.54) is 4.90 Å². The molecule has 0 radical (unpaired) electrons. The second-order valence-corrected chi connectivity index (χ2v) is 9.32. The van der Waals surface area contributed by atoms with E-state index in [4.69, 9.17) is 0 Å². The number of hydrogen-bond donors (Lipinski definition) is 3.